The van der Waals surface area contributed by atoms with E-state index in [4.69, 9.17) is 5.84 Å². The fourth-order valence-electron chi connectivity index (χ4n) is 1.15. The summed E-state index contributed by atoms with van der Waals surface area (Å²) in [5.74, 6) is 5.49. The molecule has 0 saturated carbocycles. The second kappa shape index (κ2) is 6.10. The van der Waals surface area contributed by atoms with Crippen molar-refractivity contribution in [1.29, 1.82) is 0 Å². The minimum Gasteiger partial charge on any atom is -0.308 e. The number of hydrazine groups is 1. The van der Waals surface area contributed by atoms with Crippen molar-refractivity contribution in [3.8, 4) is 0 Å². The molecule has 0 fully saturated rings. The van der Waals surface area contributed by atoms with E-state index in [0.717, 1.165) is 0 Å². The van der Waals surface area contributed by atoms with Crippen molar-refractivity contribution in [2.24, 2.45) is 5.84 Å². The van der Waals surface area contributed by atoms with Crippen LogP contribution in [0, 0.1) is 0 Å². The molecule has 1 unspecified atom stereocenters. The Morgan fingerprint density at radius 2 is 2.17 bits per heavy atom. The minimum absolute atomic E-state index is 0.105. The van der Waals surface area contributed by atoms with Crippen molar-refractivity contribution >= 4 is 15.8 Å². The standard InChI is InChI=1S/C10H19N5O2S/c1-8(15(2)3)7-13-18(16,17)9-4-5-12-10(6-9)14-11/h4-6,8,13H,7,11H2,1-3H3,(H,12,14). The molecule has 8 heteroatoms. The van der Waals surface area contributed by atoms with Crippen LogP contribution in [-0.4, -0.2) is 45.0 Å². The van der Waals surface area contributed by atoms with Crippen molar-refractivity contribution in [3.63, 3.8) is 0 Å². The van der Waals surface area contributed by atoms with Crippen molar-refractivity contribution in [3.05, 3.63) is 18.3 Å². The quantitative estimate of drug-likeness (QED) is 0.481. The summed E-state index contributed by atoms with van der Waals surface area (Å²) in [5, 5.41) is 0. The Balaban J connectivity index is 2.80. The number of pyridine rings is 1. The van der Waals surface area contributed by atoms with E-state index in [2.05, 4.69) is 15.1 Å². The number of hydrogen-bond donors (Lipinski definition) is 3. The van der Waals surface area contributed by atoms with Crippen LogP contribution in [0.25, 0.3) is 0 Å². The Morgan fingerprint density at radius 3 is 2.72 bits per heavy atom. The first kappa shape index (κ1) is 14.8. The molecule has 0 saturated heterocycles. The Labute approximate surface area is 107 Å². The van der Waals surface area contributed by atoms with Gasteiger partial charge in [-0.05, 0) is 27.1 Å². The zero-order valence-corrected chi connectivity index (χ0v) is 11.5. The van der Waals surface area contributed by atoms with Gasteiger partial charge < -0.3 is 10.3 Å². The average Bonchev–Trinajstić information content (AvgIpc) is 2.36. The molecule has 0 aliphatic heterocycles. The lowest BCUT2D eigenvalue weighted by atomic mass is 10.3. The van der Waals surface area contributed by atoms with Gasteiger partial charge in [0, 0.05) is 24.8 Å². The van der Waals surface area contributed by atoms with Gasteiger partial charge in [-0.25, -0.2) is 24.0 Å². The summed E-state index contributed by atoms with van der Waals surface area (Å²) in [6.45, 7) is 2.27. The number of nitrogens with zero attached hydrogens (tertiary/aromatic N) is 2. The predicted octanol–water partition coefficient (Wildman–Crippen LogP) is -0.404. The molecule has 0 bridgehead atoms. The molecule has 1 aromatic rings. The first-order valence-corrected chi connectivity index (χ1v) is 6.94. The monoisotopic (exact) mass is 273 g/mol. The van der Waals surface area contributed by atoms with Crippen LogP contribution in [0.5, 0.6) is 0 Å². The largest absolute Gasteiger partial charge is 0.308 e. The fourth-order valence-corrected chi connectivity index (χ4v) is 2.29. The lowest BCUT2D eigenvalue weighted by molar-refractivity contribution is 0.314. The first-order valence-electron chi connectivity index (χ1n) is 5.45. The second-order valence-corrected chi connectivity index (χ2v) is 5.95. The van der Waals surface area contributed by atoms with E-state index in [-0.39, 0.29) is 10.9 Å². The van der Waals surface area contributed by atoms with Gasteiger partial charge in [0.2, 0.25) is 10.0 Å². The van der Waals surface area contributed by atoms with E-state index in [0.29, 0.717) is 12.4 Å². The molecule has 0 aliphatic rings. The van der Waals surface area contributed by atoms with Crippen molar-refractivity contribution in [1.82, 2.24) is 14.6 Å². The van der Waals surface area contributed by atoms with Crippen LogP contribution in [0.4, 0.5) is 5.82 Å². The highest BCUT2D eigenvalue weighted by atomic mass is 32.2. The van der Waals surface area contributed by atoms with Gasteiger partial charge >= 0.3 is 0 Å². The molecule has 1 aromatic heterocycles. The van der Waals surface area contributed by atoms with Gasteiger partial charge in [0.1, 0.15) is 5.82 Å². The molecular formula is C10H19N5O2S. The van der Waals surface area contributed by atoms with Crippen molar-refractivity contribution < 1.29 is 8.42 Å². The molecule has 1 atom stereocenters. The number of anilines is 1. The van der Waals surface area contributed by atoms with E-state index < -0.39 is 10.0 Å². The average molecular weight is 273 g/mol. The van der Waals surface area contributed by atoms with E-state index in [1.807, 2.05) is 25.9 Å². The summed E-state index contributed by atoms with van der Waals surface area (Å²) < 4.78 is 26.5. The van der Waals surface area contributed by atoms with Gasteiger partial charge in [0.05, 0.1) is 4.90 Å². The molecule has 0 aliphatic carbocycles. The third-order valence-electron chi connectivity index (χ3n) is 2.64. The Kier molecular flexibility index (Phi) is 5.03. The number of hydrogen-bond acceptors (Lipinski definition) is 6. The Hall–Kier alpha value is -1.22. The summed E-state index contributed by atoms with van der Waals surface area (Å²) in [6, 6.07) is 2.90. The van der Waals surface area contributed by atoms with Crippen LogP contribution in [0.1, 0.15) is 6.92 Å². The molecule has 0 radical (unpaired) electrons. The van der Waals surface area contributed by atoms with Gasteiger partial charge in [-0.3, -0.25) is 0 Å². The van der Waals surface area contributed by atoms with Crippen LogP contribution >= 0.6 is 0 Å². The van der Waals surface area contributed by atoms with E-state index in [9.17, 15) is 8.42 Å². The van der Waals surface area contributed by atoms with Crippen LogP contribution in [-0.2, 0) is 10.0 Å². The molecule has 0 spiro atoms. The van der Waals surface area contributed by atoms with Crippen LogP contribution in [0.2, 0.25) is 0 Å². The molecule has 102 valence electrons. The number of nitrogen functional groups attached to an aromatic ring is 1. The van der Waals surface area contributed by atoms with E-state index in [1.165, 1.54) is 18.3 Å². The molecule has 1 rings (SSSR count). The van der Waals surface area contributed by atoms with Crippen LogP contribution in [0.15, 0.2) is 23.2 Å². The highest BCUT2D eigenvalue weighted by Gasteiger charge is 2.16. The predicted molar refractivity (Wildman–Crippen MR) is 70.4 cm³/mol. The molecular weight excluding hydrogens is 254 g/mol. The second-order valence-electron chi connectivity index (χ2n) is 4.19. The summed E-state index contributed by atoms with van der Waals surface area (Å²) in [4.78, 5) is 5.93. The summed E-state index contributed by atoms with van der Waals surface area (Å²) >= 11 is 0. The normalized spacial score (nSPS) is 13.6. The molecule has 7 nitrogen and oxygen atoms in total. The molecule has 0 amide bonds. The van der Waals surface area contributed by atoms with Crippen molar-refractivity contribution in [2.45, 2.75) is 17.9 Å². The molecule has 18 heavy (non-hydrogen) atoms. The van der Waals surface area contributed by atoms with Crippen molar-refractivity contribution in [2.75, 3.05) is 26.1 Å². The number of aromatic nitrogens is 1. The summed E-state index contributed by atoms with van der Waals surface area (Å²) in [5.41, 5.74) is 2.31. The fraction of sp³-hybridized carbons (Fsp3) is 0.500. The van der Waals surface area contributed by atoms with Gasteiger partial charge in [0.25, 0.3) is 0 Å². The first-order chi connectivity index (χ1) is 8.36. The number of rotatable bonds is 6. The summed E-state index contributed by atoms with van der Waals surface area (Å²) in [6.07, 6.45) is 1.39. The molecule has 0 aromatic carbocycles. The molecule has 1 heterocycles. The van der Waals surface area contributed by atoms with Gasteiger partial charge in [-0.1, -0.05) is 0 Å². The maximum Gasteiger partial charge on any atom is 0.240 e. The highest BCUT2D eigenvalue weighted by molar-refractivity contribution is 7.89. The lowest BCUT2D eigenvalue weighted by Gasteiger charge is -2.20. The van der Waals surface area contributed by atoms with Crippen LogP contribution < -0.4 is 16.0 Å². The number of sulfonamides is 1. The highest BCUT2D eigenvalue weighted by Crippen LogP contribution is 2.11. The topological polar surface area (TPSA) is 100 Å². The van der Waals surface area contributed by atoms with Gasteiger partial charge in [-0.15, -0.1) is 0 Å². The third-order valence-corrected chi connectivity index (χ3v) is 4.06. The number of likely N-dealkylation sites (N-methyl/N-ethyl adjacent to an activating group) is 1. The zero-order valence-electron chi connectivity index (χ0n) is 10.7. The van der Waals surface area contributed by atoms with E-state index >= 15 is 0 Å². The maximum absolute atomic E-state index is 12.0. The van der Waals surface area contributed by atoms with Crippen LogP contribution in [0.3, 0.4) is 0 Å². The summed E-state index contributed by atoms with van der Waals surface area (Å²) in [7, 11) is 0.248. The minimum atomic E-state index is -3.53. The number of nitrogens with two attached hydrogens (primary N) is 1. The van der Waals surface area contributed by atoms with Gasteiger partial charge in [-0.2, -0.15) is 0 Å². The number of nitrogens with one attached hydrogen (secondary N) is 2. The lowest BCUT2D eigenvalue weighted by Crippen LogP contribution is -2.38. The third kappa shape index (κ3) is 3.91. The van der Waals surface area contributed by atoms with E-state index in [1.54, 1.807) is 0 Å². The smallest absolute Gasteiger partial charge is 0.240 e. The Bertz CT molecular complexity index is 489. The zero-order chi connectivity index (χ0) is 13.8. The Morgan fingerprint density at radius 1 is 1.50 bits per heavy atom. The molecule has 4 N–H and O–H groups in total. The SMILES string of the molecule is CC(CNS(=O)(=O)c1ccnc(NN)c1)N(C)C. The van der Waals surface area contributed by atoms with Gasteiger partial charge in [0.15, 0.2) is 0 Å². The maximum atomic E-state index is 12.0.